The van der Waals surface area contributed by atoms with Gasteiger partial charge in [-0.05, 0) is 66.9 Å². The zero-order valence-corrected chi connectivity index (χ0v) is 21.7. The molecule has 7 heteroatoms. The third-order valence-electron chi connectivity index (χ3n) is 6.10. The summed E-state index contributed by atoms with van der Waals surface area (Å²) in [5.41, 5.74) is 3.55. The molecule has 0 bridgehead atoms. The first-order valence-electron chi connectivity index (χ1n) is 12.3. The fraction of sp³-hybridized carbons (Fsp3) is 0.379. The maximum atomic E-state index is 12.6. The zero-order chi connectivity index (χ0) is 26.2. The molecular formula is C29H36N2O5. The number of anilines is 1. The maximum Gasteiger partial charge on any atom is 0.305 e. The molecule has 0 aliphatic rings. The van der Waals surface area contributed by atoms with Gasteiger partial charge < -0.3 is 24.5 Å². The Hall–Kier alpha value is -3.74. The molecule has 0 aliphatic carbocycles. The van der Waals surface area contributed by atoms with Crippen molar-refractivity contribution in [3.63, 3.8) is 0 Å². The van der Waals surface area contributed by atoms with Gasteiger partial charge in [-0.1, -0.05) is 20.8 Å². The third-order valence-corrected chi connectivity index (χ3v) is 6.10. The van der Waals surface area contributed by atoms with Crippen molar-refractivity contribution in [1.82, 2.24) is 4.90 Å². The second kappa shape index (κ2) is 12.3. The number of hydrogen-bond acceptors (Lipinski definition) is 5. The number of carbonyl (C=O) groups is 2. The van der Waals surface area contributed by atoms with E-state index in [4.69, 9.17) is 14.3 Å². The van der Waals surface area contributed by atoms with Crippen LogP contribution in [0.3, 0.4) is 0 Å². The van der Waals surface area contributed by atoms with Crippen LogP contribution in [0, 0.1) is 5.92 Å². The molecule has 1 aromatic heterocycles. The van der Waals surface area contributed by atoms with Crippen molar-refractivity contribution in [3.05, 3.63) is 71.5 Å². The van der Waals surface area contributed by atoms with Gasteiger partial charge in [-0.2, -0.15) is 0 Å². The fourth-order valence-corrected chi connectivity index (χ4v) is 4.14. The minimum absolute atomic E-state index is 0.0375. The van der Waals surface area contributed by atoms with Crippen LogP contribution in [0.15, 0.2) is 59.0 Å². The number of hydrogen-bond donors (Lipinski definition) is 2. The van der Waals surface area contributed by atoms with Gasteiger partial charge in [-0.3, -0.25) is 9.59 Å². The summed E-state index contributed by atoms with van der Waals surface area (Å²) in [5.74, 6) is 1.90. The first-order chi connectivity index (χ1) is 17.2. The molecule has 0 radical (unpaired) electrons. The van der Waals surface area contributed by atoms with Crippen LogP contribution in [-0.4, -0.2) is 42.6 Å². The monoisotopic (exact) mass is 492 g/mol. The quantitative estimate of drug-likeness (QED) is 0.310. The van der Waals surface area contributed by atoms with Crippen LogP contribution in [0.25, 0.3) is 11.3 Å². The highest BCUT2D eigenvalue weighted by atomic mass is 16.5. The van der Waals surface area contributed by atoms with Crippen LogP contribution < -0.4 is 10.1 Å². The lowest BCUT2D eigenvalue weighted by atomic mass is 9.95. The molecule has 0 saturated carbocycles. The third kappa shape index (κ3) is 6.90. The molecule has 2 aromatic carbocycles. The van der Waals surface area contributed by atoms with Gasteiger partial charge in [0, 0.05) is 42.4 Å². The molecule has 7 nitrogen and oxygen atoms in total. The van der Waals surface area contributed by atoms with Crippen molar-refractivity contribution in [2.45, 2.75) is 46.1 Å². The number of aryl methyl sites for hydroxylation is 1. The molecule has 192 valence electrons. The smallest absolute Gasteiger partial charge is 0.305 e. The summed E-state index contributed by atoms with van der Waals surface area (Å²) in [5, 5.41) is 12.5. The number of carbonyl (C=O) groups excluding carboxylic acids is 1. The predicted molar refractivity (Wildman–Crippen MR) is 142 cm³/mol. The van der Waals surface area contributed by atoms with Gasteiger partial charge in [0.1, 0.15) is 17.3 Å². The molecule has 3 rings (SSSR count). The van der Waals surface area contributed by atoms with Crippen LogP contribution >= 0.6 is 0 Å². The summed E-state index contributed by atoms with van der Waals surface area (Å²) in [6.07, 6.45) is 1.60. The Morgan fingerprint density at radius 2 is 1.75 bits per heavy atom. The standard InChI is InChI=1S/C29H36N2O5/c1-6-26-24(18-27(36-26)20-9-13-23(35-5)14-10-20)25(17-19(2)3)30-22-11-7-21(8-12-22)29(34)31(4)16-15-28(32)33/h7-14,18-19,25,30H,6,15-17H2,1-5H3,(H,32,33). The number of aliphatic carboxylic acids is 1. The van der Waals surface area contributed by atoms with Crippen molar-refractivity contribution >= 4 is 17.6 Å². The van der Waals surface area contributed by atoms with E-state index in [-0.39, 0.29) is 24.9 Å². The molecule has 0 fully saturated rings. The largest absolute Gasteiger partial charge is 0.497 e. The summed E-state index contributed by atoms with van der Waals surface area (Å²) in [6, 6.07) is 17.3. The molecule has 1 atom stereocenters. The van der Waals surface area contributed by atoms with Crippen LogP contribution in [0.2, 0.25) is 0 Å². The molecule has 36 heavy (non-hydrogen) atoms. The molecule has 3 aromatic rings. The normalized spacial score (nSPS) is 11.8. The summed E-state index contributed by atoms with van der Waals surface area (Å²) in [4.78, 5) is 24.8. The number of carboxylic acids is 1. The highest BCUT2D eigenvalue weighted by molar-refractivity contribution is 5.94. The van der Waals surface area contributed by atoms with Crippen molar-refractivity contribution in [1.29, 1.82) is 0 Å². The lowest BCUT2D eigenvalue weighted by Crippen LogP contribution is -2.29. The molecule has 0 saturated heterocycles. The van der Waals surface area contributed by atoms with E-state index in [2.05, 4.69) is 32.2 Å². The van der Waals surface area contributed by atoms with E-state index < -0.39 is 5.97 Å². The second-order valence-corrected chi connectivity index (χ2v) is 9.35. The van der Waals surface area contributed by atoms with E-state index >= 15 is 0 Å². The van der Waals surface area contributed by atoms with Crippen LogP contribution in [0.4, 0.5) is 5.69 Å². The van der Waals surface area contributed by atoms with Crippen molar-refractivity contribution < 1.29 is 23.8 Å². The molecule has 1 amide bonds. The average Bonchev–Trinajstić information content (AvgIpc) is 3.31. The van der Waals surface area contributed by atoms with Gasteiger partial charge in [0.25, 0.3) is 5.91 Å². The average molecular weight is 493 g/mol. The Kier molecular flexibility index (Phi) is 9.17. The molecule has 0 spiro atoms. The van der Waals surface area contributed by atoms with Gasteiger partial charge in [0.2, 0.25) is 0 Å². The number of nitrogens with one attached hydrogen (secondary N) is 1. The molecule has 1 heterocycles. The molecule has 1 unspecified atom stereocenters. The second-order valence-electron chi connectivity index (χ2n) is 9.35. The van der Waals surface area contributed by atoms with Gasteiger partial charge in [0.15, 0.2) is 0 Å². The lowest BCUT2D eigenvalue weighted by molar-refractivity contribution is -0.137. The summed E-state index contributed by atoms with van der Waals surface area (Å²) in [6.45, 7) is 6.65. The fourth-order valence-electron chi connectivity index (χ4n) is 4.14. The molecular weight excluding hydrogens is 456 g/mol. The zero-order valence-electron chi connectivity index (χ0n) is 21.7. The first kappa shape index (κ1) is 26.9. The van der Waals surface area contributed by atoms with Gasteiger partial charge >= 0.3 is 5.97 Å². The van der Waals surface area contributed by atoms with Crippen molar-refractivity contribution in [2.24, 2.45) is 5.92 Å². The van der Waals surface area contributed by atoms with Gasteiger partial charge in [-0.25, -0.2) is 0 Å². The maximum absolute atomic E-state index is 12.6. The summed E-state index contributed by atoms with van der Waals surface area (Å²) >= 11 is 0. The summed E-state index contributed by atoms with van der Waals surface area (Å²) in [7, 11) is 3.26. The van der Waals surface area contributed by atoms with E-state index in [9.17, 15) is 9.59 Å². The number of rotatable bonds is 12. The molecule has 2 N–H and O–H groups in total. The number of nitrogens with zero attached hydrogens (tertiary/aromatic N) is 1. The van der Waals surface area contributed by atoms with Gasteiger partial charge in [0.05, 0.1) is 19.6 Å². The number of amides is 1. The minimum atomic E-state index is -0.925. The van der Waals surface area contributed by atoms with Crippen molar-refractivity contribution in [2.75, 3.05) is 26.0 Å². The Bertz CT molecular complexity index is 1150. The van der Waals surface area contributed by atoms with E-state index in [1.807, 2.05) is 36.4 Å². The molecule has 0 aliphatic heterocycles. The van der Waals surface area contributed by atoms with Gasteiger partial charge in [-0.15, -0.1) is 0 Å². The Balaban J connectivity index is 1.81. The first-order valence-corrected chi connectivity index (χ1v) is 12.3. The highest BCUT2D eigenvalue weighted by Gasteiger charge is 2.22. The topological polar surface area (TPSA) is 92.0 Å². The minimum Gasteiger partial charge on any atom is -0.497 e. The van der Waals surface area contributed by atoms with Crippen LogP contribution in [-0.2, 0) is 11.2 Å². The number of ether oxygens (including phenoxy) is 1. The van der Waals surface area contributed by atoms with Crippen LogP contribution in [0.1, 0.15) is 61.3 Å². The number of benzene rings is 2. The van der Waals surface area contributed by atoms with E-state index in [1.165, 1.54) is 4.90 Å². The number of methoxy groups -OCH3 is 1. The lowest BCUT2D eigenvalue weighted by Gasteiger charge is -2.22. The number of carboxylic acid groups (broad SMARTS) is 1. The Morgan fingerprint density at radius 1 is 1.08 bits per heavy atom. The van der Waals surface area contributed by atoms with E-state index in [0.717, 1.165) is 46.9 Å². The van der Waals surface area contributed by atoms with E-state index in [0.29, 0.717) is 11.5 Å². The highest BCUT2D eigenvalue weighted by Crippen LogP contribution is 2.35. The van der Waals surface area contributed by atoms with E-state index in [1.54, 1.807) is 26.3 Å². The number of furan rings is 1. The summed E-state index contributed by atoms with van der Waals surface area (Å²) < 4.78 is 11.5. The van der Waals surface area contributed by atoms with Crippen LogP contribution in [0.5, 0.6) is 5.75 Å². The predicted octanol–water partition coefficient (Wildman–Crippen LogP) is 6.26. The Labute approximate surface area is 213 Å². The SMILES string of the molecule is CCc1oc(-c2ccc(OC)cc2)cc1C(CC(C)C)Nc1ccc(C(=O)N(C)CCC(=O)O)cc1. The van der Waals surface area contributed by atoms with Crippen molar-refractivity contribution in [3.8, 4) is 17.1 Å². The Morgan fingerprint density at radius 3 is 2.31 bits per heavy atom.